The van der Waals surface area contributed by atoms with E-state index < -0.39 is 47.5 Å². The lowest BCUT2D eigenvalue weighted by Crippen LogP contribution is -2.54. The summed E-state index contributed by atoms with van der Waals surface area (Å²) < 4.78 is 0. The van der Waals surface area contributed by atoms with E-state index in [0.29, 0.717) is 27.8 Å². The van der Waals surface area contributed by atoms with Crippen molar-refractivity contribution in [2.24, 2.45) is 0 Å². The molecule has 4 aliphatic rings. The first-order valence-electron chi connectivity index (χ1n) is 12.6. The molecule has 4 heterocycles. The van der Waals surface area contributed by atoms with E-state index in [4.69, 9.17) is 0 Å². The molecule has 6 rings (SSSR count). The molecule has 4 aliphatic heterocycles. The lowest BCUT2D eigenvalue weighted by atomic mass is 10.0. The van der Waals surface area contributed by atoms with Crippen molar-refractivity contribution in [3.05, 3.63) is 69.8 Å². The second-order valence-electron chi connectivity index (χ2n) is 9.94. The molecule has 2 atom stereocenters. The van der Waals surface area contributed by atoms with Crippen LogP contribution in [-0.2, 0) is 19.2 Å². The van der Waals surface area contributed by atoms with Crippen LogP contribution in [0, 0.1) is 13.8 Å². The molecule has 0 aliphatic carbocycles. The van der Waals surface area contributed by atoms with Gasteiger partial charge in [-0.2, -0.15) is 0 Å². The molecule has 8 amide bonds. The summed E-state index contributed by atoms with van der Waals surface area (Å²) in [5.74, 6) is -3.80. The molecule has 2 fully saturated rings. The molecule has 12 heteroatoms. The number of carbonyl (C=O) groups excluding carboxylic acids is 8. The van der Waals surface area contributed by atoms with Crippen molar-refractivity contribution in [1.82, 2.24) is 20.4 Å². The van der Waals surface area contributed by atoms with E-state index in [1.165, 1.54) is 0 Å². The molecule has 0 bridgehead atoms. The van der Waals surface area contributed by atoms with Gasteiger partial charge in [-0.25, -0.2) is 0 Å². The lowest BCUT2D eigenvalue weighted by molar-refractivity contribution is -0.137. The van der Waals surface area contributed by atoms with E-state index >= 15 is 0 Å². The topological polar surface area (TPSA) is 167 Å². The first-order chi connectivity index (χ1) is 19.0. The second kappa shape index (κ2) is 9.95. The minimum Gasteiger partial charge on any atom is -0.295 e. The predicted molar refractivity (Wildman–Crippen MR) is 136 cm³/mol. The number of nitrogens with zero attached hydrogens (tertiary/aromatic N) is 2. The number of nitrogens with one attached hydrogen (secondary N) is 2. The molecule has 2 aromatic rings. The number of benzene rings is 2. The highest BCUT2D eigenvalue weighted by Gasteiger charge is 2.46. The summed E-state index contributed by atoms with van der Waals surface area (Å²) in [6.07, 6.45) is 0.607. The molecule has 12 nitrogen and oxygen atoms in total. The van der Waals surface area contributed by atoms with Gasteiger partial charge in [0.25, 0.3) is 23.6 Å². The van der Waals surface area contributed by atoms with Gasteiger partial charge in [-0.3, -0.25) is 58.8 Å². The van der Waals surface area contributed by atoms with Crippen molar-refractivity contribution in [3.63, 3.8) is 0 Å². The summed E-state index contributed by atoms with van der Waals surface area (Å²) in [7, 11) is 0. The van der Waals surface area contributed by atoms with Crippen molar-refractivity contribution >= 4 is 47.3 Å². The van der Waals surface area contributed by atoms with Crippen LogP contribution in [0.15, 0.2) is 36.4 Å². The normalized spacial score (nSPS) is 22.1. The van der Waals surface area contributed by atoms with E-state index in [9.17, 15) is 38.4 Å². The number of aryl methyl sites for hydroxylation is 2. The summed E-state index contributed by atoms with van der Waals surface area (Å²) in [6.45, 7) is 3.57. The predicted octanol–water partition coefficient (Wildman–Crippen LogP) is 0.792. The number of piperidine rings is 2. The second-order valence-corrected chi connectivity index (χ2v) is 9.94. The Hall–Kier alpha value is -5.00. The molecule has 0 saturated carbocycles. The van der Waals surface area contributed by atoms with Crippen LogP contribution in [0.1, 0.15) is 78.2 Å². The Bertz CT molecular complexity index is 1560. The van der Waals surface area contributed by atoms with Crippen LogP contribution in [0.5, 0.6) is 0 Å². The number of fused-ring (bicyclic) bond motifs is 2. The van der Waals surface area contributed by atoms with Crippen molar-refractivity contribution < 1.29 is 38.4 Å². The third-order valence-corrected chi connectivity index (χ3v) is 7.27. The molecule has 2 aromatic carbocycles. The number of carbonyl (C=O) groups is 8. The first kappa shape index (κ1) is 26.6. The first-order valence-corrected chi connectivity index (χ1v) is 12.6. The van der Waals surface area contributed by atoms with Crippen LogP contribution in [0.3, 0.4) is 0 Å². The molecule has 2 saturated heterocycles. The van der Waals surface area contributed by atoms with Gasteiger partial charge in [-0.1, -0.05) is 23.8 Å². The smallest absolute Gasteiger partial charge is 0.262 e. The number of rotatable bonds is 2. The average Bonchev–Trinajstić information content (AvgIpc) is 3.29. The highest BCUT2D eigenvalue weighted by atomic mass is 16.2. The maximum atomic E-state index is 12.4. The molecule has 0 aromatic heterocycles. The van der Waals surface area contributed by atoms with E-state index in [0.717, 1.165) is 15.4 Å². The fourth-order valence-corrected chi connectivity index (χ4v) is 5.27. The maximum Gasteiger partial charge on any atom is 0.262 e. The molecule has 2 unspecified atom stereocenters. The Kier molecular flexibility index (Phi) is 6.62. The van der Waals surface area contributed by atoms with Gasteiger partial charge in [0.1, 0.15) is 12.1 Å². The highest BCUT2D eigenvalue weighted by Crippen LogP contribution is 2.30. The van der Waals surface area contributed by atoms with Gasteiger partial charge in [-0.15, -0.1) is 0 Å². The summed E-state index contributed by atoms with van der Waals surface area (Å²) in [6, 6.07) is 8.20. The summed E-state index contributed by atoms with van der Waals surface area (Å²) in [5, 5.41) is 4.33. The summed E-state index contributed by atoms with van der Waals surface area (Å²) in [5.41, 5.74) is 2.87. The van der Waals surface area contributed by atoms with Gasteiger partial charge in [-0.05, 0) is 50.5 Å². The van der Waals surface area contributed by atoms with Gasteiger partial charge >= 0.3 is 0 Å². The van der Waals surface area contributed by atoms with E-state index in [2.05, 4.69) is 10.6 Å². The molecule has 0 spiro atoms. The van der Waals surface area contributed by atoms with Crippen LogP contribution in [0.2, 0.25) is 0 Å². The Morgan fingerprint density at radius 3 is 1.70 bits per heavy atom. The Morgan fingerprint density at radius 1 is 0.625 bits per heavy atom. The Morgan fingerprint density at radius 2 is 1.15 bits per heavy atom. The van der Waals surface area contributed by atoms with Crippen molar-refractivity contribution in [3.8, 4) is 0 Å². The Labute approximate surface area is 227 Å². The molecule has 0 radical (unpaired) electrons. The average molecular weight is 545 g/mol. The van der Waals surface area contributed by atoms with Gasteiger partial charge in [0.2, 0.25) is 23.6 Å². The minimum atomic E-state index is -0.903. The van der Waals surface area contributed by atoms with Crippen molar-refractivity contribution in [2.75, 3.05) is 0 Å². The van der Waals surface area contributed by atoms with Crippen LogP contribution in [0.25, 0.3) is 0 Å². The SMILES string of the molecule is Cc1ccc2c(c1)C(=O)N(C1CCC(=O)NC1=O)C2=O.Cc1cccc2c1C(=O)N(C1CCC(=O)NC1=O)C2=O. The van der Waals surface area contributed by atoms with Crippen molar-refractivity contribution in [2.45, 2.75) is 51.6 Å². The third kappa shape index (κ3) is 4.36. The summed E-state index contributed by atoms with van der Waals surface area (Å²) in [4.78, 5) is 97.2. The molecular formula is C28H24N4O8. The van der Waals surface area contributed by atoms with E-state index in [1.54, 1.807) is 43.3 Å². The fraction of sp³-hybridized carbons (Fsp3) is 0.286. The number of hydrogen-bond donors (Lipinski definition) is 2. The monoisotopic (exact) mass is 544 g/mol. The number of hydrogen-bond acceptors (Lipinski definition) is 8. The zero-order chi connectivity index (χ0) is 28.9. The van der Waals surface area contributed by atoms with Gasteiger partial charge < -0.3 is 0 Å². The molecule has 40 heavy (non-hydrogen) atoms. The summed E-state index contributed by atoms with van der Waals surface area (Å²) >= 11 is 0. The van der Waals surface area contributed by atoms with E-state index in [1.807, 2.05) is 6.92 Å². The minimum absolute atomic E-state index is 0.128. The fourth-order valence-electron chi connectivity index (χ4n) is 5.27. The molecular weight excluding hydrogens is 520 g/mol. The number of amides is 8. The third-order valence-electron chi connectivity index (χ3n) is 7.27. The van der Waals surface area contributed by atoms with Gasteiger partial charge in [0.05, 0.1) is 22.3 Å². The van der Waals surface area contributed by atoms with E-state index in [-0.39, 0.29) is 37.5 Å². The maximum absolute atomic E-state index is 12.4. The van der Waals surface area contributed by atoms with Crippen LogP contribution in [0.4, 0.5) is 0 Å². The van der Waals surface area contributed by atoms with Crippen LogP contribution >= 0.6 is 0 Å². The highest BCUT2D eigenvalue weighted by molar-refractivity contribution is 6.24. The molecule has 204 valence electrons. The Balaban J connectivity index is 0.000000161. The standard InChI is InChI=1S/2C14H12N2O4/c1-7-2-3-8-9(6-7)14(20)16(13(8)19)10-4-5-11(17)15-12(10)18;1-7-3-2-4-8-11(7)14(20)16(13(8)19)9-5-6-10(17)15-12(9)18/h2-3,6,10H,4-5H2,1H3,(H,15,17,18);2-4,9H,5-6H2,1H3,(H,15,17,18). The zero-order valence-corrected chi connectivity index (χ0v) is 21.6. The van der Waals surface area contributed by atoms with Crippen molar-refractivity contribution in [1.29, 1.82) is 0 Å². The quantitative estimate of drug-likeness (QED) is 0.524. The zero-order valence-electron chi connectivity index (χ0n) is 21.6. The van der Waals surface area contributed by atoms with Gasteiger partial charge in [0, 0.05) is 12.8 Å². The van der Waals surface area contributed by atoms with Gasteiger partial charge in [0.15, 0.2) is 0 Å². The number of imide groups is 4. The largest absolute Gasteiger partial charge is 0.295 e. The van der Waals surface area contributed by atoms with Crippen LogP contribution in [-0.4, -0.2) is 69.1 Å². The van der Waals surface area contributed by atoms with Crippen LogP contribution < -0.4 is 10.6 Å². The lowest BCUT2D eigenvalue weighted by Gasteiger charge is -2.27. The molecule has 2 N–H and O–H groups in total.